The summed E-state index contributed by atoms with van der Waals surface area (Å²) in [5, 5.41) is 0. The van der Waals surface area contributed by atoms with Crippen molar-refractivity contribution in [2.45, 2.75) is 38.9 Å². The summed E-state index contributed by atoms with van der Waals surface area (Å²) in [6, 6.07) is 12.1. The van der Waals surface area contributed by atoms with E-state index in [1.54, 1.807) is 13.3 Å². The van der Waals surface area contributed by atoms with Crippen LogP contribution in [0.5, 0.6) is 5.88 Å². The molecule has 1 aromatic carbocycles. The summed E-state index contributed by atoms with van der Waals surface area (Å²) in [5.74, 6) is 0.573. The first-order valence-corrected chi connectivity index (χ1v) is 7.79. The lowest BCUT2D eigenvalue weighted by atomic mass is 9.75. The van der Waals surface area contributed by atoms with Crippen LogP contribution in [0.25, 0.3) is 11.1 Å². The maximum absolute atomic E-state index is 6.18. The first-order chi connectivity index (χ1) is 10.8. The van der Waals surface area contributed by atoms with E-state index in [1.807, 2.05) is 52.0 Å². The van der Waals surface area contributed by atoms with Crippen LogP contribution in [0, 0.1) is 0 Å². The van der Waals surface area contributed by atoms with Crippen molar-refractivity contribution in [3.05, 3.63) is 42.6 Å². The third kappa shape index (κ3) is 2.86. The molecule has 0 saturated carbocycles. The number of rotatable bonds is 3. The summed E-state index contributed by atoms with van der Waals surface area (Å²) in [6.45, 7) is 8.19. The third-order valence-electron chi connectivity index (χ3n) is 4.71. The van der Waals surface area contributed by atoms with Gasteiger partial charge in [-0.15, -0.1) is 0 Å². The number of hydrogen-bond acceptors (Lipinski definition) is 4. The van der Waals surface area contributed by atoms with Crippen LogP contribution in [-0.4, -0.2) is 30.4 Å². The lowest BCUT2D eigenvalue weighted by Gasteiger charge is -2.32. The molecule has 2 heterocycles. The van der Waals surface area contributed by atoms with E-state index in [-0.39, 0.29) is 11.2 Å². The molecule has 23 heavy (non-hydrogen) atoms. The zero-order chi connectivity index (χ0) is 16.7. The second kappa shape index (κ2) is 5.66. The molecule has 0 bridgehead atoms. The lowest BCUT2D eigenvalue weighted by molar-refractivity contribution is 0.00578. The van der Waals surface area contributed by atoms with E-state index in [2.05, 4.69) is 17.1 Å². The number of hydrogen-bond donors (Lipinski definition) is 0. The molecule has 1 fully saturated rings. The predicted octanol–water partition coefficient (Wildman–Crippen LogP) is 3.06. The van der Waals surface area contributed by atoms with Gasteiger partial charge in [0.05, 0.1) is 18.3 Å². The van der Waals surface area contributed by atoms with Crippen LogP contribution in [-0.2, 0) is 9.31 Å². The van der Waals surface area contributed by atoms with Gasteiger partial charge in [-0.2, -0.15) is 0 Å². The zero-order valence-electron chi connectivity index (χ0n) is 14.3. The molecule has 0 aliphatic carbocycles. The van der Waals surface area contributed by atoms with Gasteiger partial charge in [0.2, 0.25) is 5.88 Å². The van der Waals surface area contributed by atoms with Gasteiger partial charge in [0.25, 0.3) is 0 Å². The Hall–Kier alpha value is -1.85. The van der Waals surface area contributed by atoms with Gasteiger partial charge in [0.15, 0.2) is 0 Å². The molecule has 1 saturated heterocycles. The summed E-state index contributed by atoms with van der Waals surface area (Å²) in [7, 11) is 1.17. The van der Waals surface area contributed by atoms with Crippen LogP contribution in [0.4, 0.5) is 0 Å². The Kier molecular flexibility index (Phi) is 3.94. The summed E-state index contributed by atoms with van der Waals surface area (Å²) in [4.78, 5) is 4.34. The normalized spacial score (nSPS) is 18.9. The molecule has 3 rings (SSSR count). The van der Waals surface area contributed by atoms with Crippen molar-refractivity contribution in [1.29, 1.82) is 0 Å². The van der Waals surface area contributed by atoms with Gasteiger partial charge in [-0.05, 0) is 38.8 Å². The van der Waals surface area contributed by atoms with Crippen molar-refractivity contribution >= 4 is 12.6 Å². The number of methoxy groups -OCH3 is 1. The summed E-state index contributed by atoms with van der Waals surface area (Å²) in [6.07, 6.45) is 1.78. The molecule has 120 valence electrons. The van der Waals surface area contributed by atoms with E-state index in [0.717, 1.165) is 16.6 Å². The van der Waals surface area contributed by atoms with Crippen LogP contribution < -0.4 is 10.2 Å². The molecule has 1 aliphatic rings. The van der Waals surface area contributed by atoms with Crippen LogP contribution in [0.1, 0.15) is 27.7 Å². The maximum atomic E-state index is 6.18. The van der Waals surface area contributed by atoms with E-state index in [1.165, 1.54) is 0 Å². The van der Waals surface area contributed by atoms with E-state index in [9.17, 15) is 0 Å². The molecule has 0 unspecified atom stereocenters. The van der Waals surface area contributed by atoms with Crippen LogP contribution in [0.15, 0.2) is 42.6 Å². The van der Waals surface area contributed by atoms with Gasteiger partial charge >= 0.3 is 7.12 Å². The first kappa shape index (κ1) is 16.0. The van der Waals surface area contributed by atoms with E-state index >= 15 is 0 Å². The van der Waals surface area contributed by atoms with Crippen LogP contribution in [0.2, 0.25) is 0 Å². The van der Waals surface area contributed by atoms with E-state index < -0.39 is 7.12 Å². The fourth-order valence-electron chi connectivity index (χ4n) is 2.58. The maximum Gasteiger partial charge on any atom is 0.497 e. The molecule has 2 aromatic rings. The van der Waals surface area contributed by atoms with E-state index in [0.29, 0.717) is 5.88 Å². The minimum absolute atomic E-state index is 0.383. The number of nitrogens with zero attached hydrogens (tertiary/aromatic N) is 1. The average molecular weight is 311 g/mol. The molecule has 0 atom stereocenters. The summed E-state index contributed by atoms with van der Waals surface area (Å²) < 4.78 is 17.6. The topological polar surface area (TPSA) is 40.6 Å². The molecule has 5 heteroatoms. The third-order valence-corrected chi connectivity index (χ3v) is 4.71. The molecular formula is C18H22BNO3. The predicted molar refractivity (Wildman–Crippen MR) is 91.9 cm³/mol. The highest BCUT2D eigenvalue weighted by molar-refractivity contribution is 6.63. The van der Waals surface area contributed by atoms with Gasteiger partial charge in [-0.1, -0.05) is 30.3 Å². The quantitative estimate of drug-likeness (QED) is 0.817. The molecule has 4 nitrogen and oxygen atoms in total. The Bertz CT molecular complexity index is 685. The second-order valence-corrected chi connectivity index (χ2v) is 6.77. The van der Waals surface area contributed by atoms with Gasteiger partial charge in [-0.25, -0.2) is 4.98 Å². The SMILES string of the molecule is COc1cc(-c2ccccc2)c(B2OC(C)(C)C(C)(C)O2)cn1. The van der Waals surface area contributed by atoms with Crippen LogP contribution in [0.3, 0.4) is 0 Å². The molecule has 0 N–H and O–H groups in total. The fourth-order valence-corrected chi connectivity index (χ4v) is 2.58. The van der Waals surface area contributed by atoms with Crippen molar-refractivity contribution in [3.8, 4) is 17.0 Å². The Labute approximate surface area is 137 Å². The lowest BCUT2D eigenvalue weighted by Crippen LogP contribution is -2.41. The molecule has 0 spiro atoms. The summed E-state index contributed by atoms with van der Waals surface area (Å²) >= 11 is 0. The molecule has 0 radical (unpaired) electrons. The Balaban J connectivity index is 2.07. The summed E-state index contributed by atoms with van der Waals surface area (Å²) in [5.41, 5.74) is 2.24. The van der Waals surface area contributed by atoms with Crippen molar-refractivity contribution in [3.63, 3.8) is 0 Å². The highest BCUT2D eigenvalue weighted by Crippen LogP contribution is 2.37. The monoisotopic (exact) mass is 311 g/mol. The number of benzene rings is 1. The van der Waals surface area contributed by atoms with Crippen molar-refractivity contribution < 1.29 is 14.0 Å². The molecule has 1 aliphatic heterocycles. The van der Waals surface area contributed by atoms with Crippen molar-refractivity contribution in [2.75, 3.05) is 7.11 Å². The Morgan fingerprint density at radius 3 is 2.17 bits per heavy atom. The molecule has 1 aromatic heterocycles. The van der Waals surface area contributed by atoms with E-state index in [4.69, 9.17) is 14.0 Å². The smallest absolute Gasteiger partial charge is 0.481 e. The Morgan fingerprint density at radius 1 is 1.00 bits per heavy atom. The average Bonchev–Trinajstić information content (AvgIpc) is 2.75. The largest absolute Gasteiger partial charge is 0.497 e. The zero-order valence-corrected chi connectivity index (χ0v) is 14.3. The van der Waals surface area contributed by atoms with Crippen molar-refractivity contribution in [2.24, 2.45) is 0 Å². The van der Waals surface area contributed by atoms with Gasteiger partial charge in [0, 0.05) is 17.7 Å². The molecule has 0 amide bonds. The highest BCUT2D eigenvalue weighted by Gasteiger charge is 2.52. The minimum Gasteiger partial charge on any atom is -0.481 e. The van der Waals surface area contributed by atoms with Gasteiger partial charge < -0.3 is 14.0 Å². The highest BCUT2D eigenvalue weighted by atomic mass is 16.7. The molecular weight excluding hydrogens is 289 g/mol. The fraction of sp³-hybridized carbons (Fsp3) is 0.389. The van der Waals surface area contributed by atoms with Gasteiger partial charge in [-0.3, -0.25) is 0 Å². The minimum atomic E-state index is -0.450. The first-order valence-electron chi connectivity index (χ1n) is 7.79. The van der Waals surface area contributed by atoms with Gasteiger partial charge in [0.1, 0.15) is 0 Å². The number of pyridine rings is 1. The van der Waals surface area contributed by atoms with Crippen molar-refractivity contribution in [1.82, 2.24) is 4.98 Å². The standard InChI is InChI=1S/C18H22BNO3/c1-17(2)18(3,4)23-19(22-17)15-12-20-16(21-5)11-14(15)13-9-7-6-8-10-13/h6-12H,1-5H3. The second-order valence-electron chi connectivity index (χ2n) is 6.77. The number of ether oxygens (including phenoxy) is 1. The number of aromatic nitrogens is 1. The van der Waals surface area contributed by atoms with Crippen LogP contribution >= 0.6 is 0 Å². The Morgan fingerprint density at radius 2 is 1.61 bits per heavy atom.